The number of hydrogen-bond acceptors (Lipinski definition) is 3. The van der Waals surface area contributed by atoms with Crippen LogP contribution in [-0.2, 0) is 11.3 Å². The van der Waals surface area contributed by atoms with E-state index in [-0.39, 0.29) is 29.4 Å². The lowest BCUT2D eigenvalue weighted by molar-refractivity contribution is -0.121. The van der Waals surface area contributed by atoms with Crippen molar-refractivity contribution in [2.75, 3.05) is 12.8 Å². The van der Waals surface area contributed by atoms with Gasteiger partial charge in [-0.3, -0.25) is 9.36 Å². The number of rotatable bonds is 2. The molecule has 0 saturated carbocycles. The number of nitrogens with two attached hydrogens (primary N) is 1. The van der Waals surface area contributed by atoms with Crippen LogP contribution in [0.5, 0.6) is 0 Å². The Balaban J connectivity index is 2.65. The molecular weight excluding hydrogens is 230 g/mol. The van der Waals surface area contributed by atoms with Gasteiger partial charge < -0.3 is 11.1 Å². The number of carbonyl (C=O) groups excluding carboxylic acids is 1. The minimum absolute atomic E-state index is 0.0342. The largest absolute Gasteiger partial charge is 0.369 e. The normalized spacial score (nSPS) is 10.8. The van der Waals surface area contributed by atoms with Gasteiger partial charge in [0.05, 0.1) is 5.52 Å². The average molecular weight is 240 g/mol. The van der Waals surface area contributed by atoms with Crippen LogP contribution in [0.4, 0.5) is 14.7 Å². The smallest absolute Gasteiger partial charge is 0.239 e. The zero-order valence-corrected chi connectivity index (χ0v) is 9.00. The fraction of sp³-hybridized carbons (Fsp3) is 0.200. The Hall–Kier alpha value is -2.18. The van der Waals surface area contributed by atoms with Crippen molar-refractivity contribution in [3.8, 4) is 0 Å². The van der Waals surface area contributed by atoms with E-state index in [4.69, 9.17) is 5.73 Å². The second-order valence-corrected chi connectivity index (χ2v) is 3.46. The summed E-state index contributed by atoms with van der Waals surface area (Å²) < 4.78 is 27.8. The fourth-order valence-corrected chi connectivity index (χ4v) is 1.56. The predicted octanol–water partition coefficient (Wildman–Crippen LogP) is 0.643. The van der Waals surface area contributed by atoms with Crippen LogP contribution in [0.1, 0.15) is 0 Å². The van der Waals surface area contributed by atoms with E-state index < -0.39 is 11.6 Å². The van der Waals surface area contributed by atoms with Crippen LogP contribution in [0.15, 0.2) is 12.1 Å². The van der Waals surface area contributed by atoms with Crippen molar-refractivity contribution in [2.24, 2.45) is 0 Å². The van der Waals surface area contributed by atoms with Crippen LogP contribution in [0, 0.1) is 11.6 Å². The summed E-state index contributed by atoms with van der Waals surface area (Å²) in [6.45, 7) is -0.209. The number of nitrogens with one attached hydrogen (secondary N) is 1. The first-order valence-corrected chi connectivity index (χ1v) is 4.85. The topological polar surface area (TPSA) is 72.9 Å². The number of imidazole rings is 1. The van der Waals surface area contributed by atoms with Crippen LogP contribution >= 0.6 is 0 Å². The number of likely N-dealkylation sites (N-methyl/N-ethyl adjacent to an activating group) is 1. The highest BCUT2D eigenvalue weighted by Gasteiger charge is 2.17. The Bertz CT molecular complexity index is 593. The standard InChI is InChI=1S/C10H10F2N4O/c1-14-7(17)4-16-9-6(15-10(16)13)3-2-5(11)8(9)12/h2-3H,4H2,1H3,(H2,13,15)(H,14,17). The molecule has 0 fully saturated rings. The molecule has 0 aliphatic carbocycles. The fourth-order valence-electron chi connectivity index (χ4n) is 1.56. The van der Waals surface area contributed by atoms with Gasteiger partial charge in [-0.2, -0.15) is 0 Å². The van der Waals surface area contributed by atoms with E-state index in [0.717, 1.165) is 10.6 Å². The summed E-state index contributed by atoms with van der Waals surface area (Å²) >= 11 is 0. The molecule has 0 radical (unpaired) electrons. The Kier molecular flexibility index (Phi) is 2.66. The van der Waals surface area contributed by atoms with E-state index >= 15 is 0 Å². The van der Waals surface area contributed by atoms with Gasteiger partial charge in [0.2, 0.25) is 11.9 Å². The lowest BCUT2D eigenvalue weighted by Crippen LogP contribution is -2.24. The highest BCUT2D eigenvalue weighted by atomic mass is 19.2. The molecule has 1 amide bonds. The first kappa shape index (κ1) is 11.3. The molecule has 1 aromatic heterocycles. The van der Waals surface area contributed by atoms with Gasteiger partial charge in [0.1, 0.15) is 12.1 Å². The average Bonchev–Trinajstić information content (AvgIpc) is 2.61. The van der Waals surface area contributed by atoms with E-state index in [9.17, 15) is 13.6 Å². The van der Waals surface area contributed by atoms with Crippen molar-refractivity contribution in [1.82, 2.24) is 14.9 Å². The minimum atomic E-state index is -1.06. The van der Waals surface area contributed by atoms with Gasteiger partial charge in [-0.15, -0.1) is 0 Å². The lowest BCUT2D eigenvalue weighted by Gasteiger charge is -2.05. The van der Waals surface area contributed by atoms with Gasteiger partial charge in [-0.25, -0.2) is 13.8 Å². The maximum absolute atomic E-state index is 13.6. The highest BCUT2D eigenvalue weighted by molar-refractivity contribution is 5.83. The van der Waals surface area contributed by atoms with Gasteiger partial charge in [0.15, 0.2) is 11.6 Å². The van der Waals surface area contributed by atoms with Crippen LogP contribution in [0.2, 0.25) is 0 Å². The van der Waals surface area contributed by atoms with Crippen molar-refractivity contribution in [1.29, 1.82) is 0 Å². The maximum atomic E-state index is 13.6. The van der Waals surface area contributed by atoms with E-state index in [0.29, 0.717) is 0 Å². The van der Waals surface area contributed by atoms with Crippen LogP contribution < -0.4 is 11.1 Å². The molecule has 0 spiro atoms. The molecule has 90 valence electrons. The number of benzene rings is 1. The molecule has 0 aliphatic heterocycles. The monoisotopic (exact) mass is 240 g/mol. The van der Waals surface area contributed by atoms with Crippen molar-refractivity contribution in [3.63, 3.8) is 0 Å². The molecule has 0 atom stereocenters. The molecule has 7 heteroatoms. The molecule has 1 heterocycles. The molecule has 0 bridgehead atoms. The lowest BCUT2D eigenvalue weighted by atomic mass is 10.3. The van der Waals surface area contributed by atoms with E-state index in [2.05, 4.69) is 10.3 Å². The molecule has 5 nitrogen and oxygen atoms in total. The van der Waals surface area contributed by atoms with Gasteiger partial charge in [0.25, 0.3) is 0 Å². The molecule has 2 aromatic rings. The summed E-state index contributed by atoms with van der Waals surface area (Å²) in [5.74, 6) is -2.47. The van der Waals surface area contributed by atoms with E-state index in [1.54, 1.807) is 0 Å². The third-order valence-electron chi connectivity index (χ3n) is 2.41. The Morgan fingerprint density at radius 1 is 1.53 bits per heavy atom. The highest BCUT2D eigenvalue weighted by Crippen LogP contribution is 2.22. The molecule has 1 aromatic carbocycles. The number of nitrogens with zero attached hydrogens (tertiary/aromatic N) is 2. The van der Waals surface area contributed by atoms with Crippen molar-refractivity contribution < 1.29 is 13.6 Å². The molecule has 2 rings (SSSR count). The van der Waals surface area contributed by atoms with Crippen molar-refractivity contribution in [2.45, 2.75) is 6.54 Å². The second-order valence-electron chi connectivity index (χ2n) is 3.46. The summed E-state index contributed by atoms with van der Waals surface area (Å²) in [4.78, 5) is 15.1. The number of hydrogen-bond donors (Lipinski definition) is 2. The number of carbonyl (C=O) groups is 1. The SMILES string of the molecule is CNC(=O)Cn1c(N)nc2ccc(F)c(F)c21. The summed E-state index contributed by atoms with van der Waals surface area (Å²) in [5, 5.41) is 2.37. The number of halogens is 2. The third kappa shape index (κ3) is 1.79. The molecular formula is C10H10F2N4O. The van der Waals surface area contributed by atoms with E-state index in [1.807, 2.05) is 0 Å². The van der Waals surface area contributed by atoms with Gasteiger partial charge >= 0.3 is 0 Å². The van der Waals surface area contributed by atoms with Crippen molar-refractivity contribution in [3.05, 3.63) is 23.8 Å². The molecule has 0 saturated heterocycles. The van der Waals surface area contributed by atoms with Gasteiger partial charge in [-0.1, -0.05) is 0 Å². The Morgan fingerprint density at radius 2 is 2.24 bits per heavy atom. The van der Waals surface area contributed by atoms with Crippen LogP contribution in [0.3, 0.4) is 0 Å². The zero-order chi connectivity index (χ0) is 12.6. The molecule has 0 unspecified atom stereocenters. The van der Waals surface area contributed by atoms with Crippen molar-refractivity contribution >= 4 is 22.9 Å². The summed E-state index contributed by atoms with van der Waals surface area (Å²) in [6, 6.07) is 2.28. The predicted molar refractivity (Wildman–Crippen MR) is 58.1 cm³/mol. The summed E-state index contributed by atoms with van der Waals surface area (Å²) in [6.07, 6.45) is 0. The number of aromatic nitrogens is 2. The zero-order valence-electron chi connectivity index (χ0n) is 9.00. The first-order chi connectivity index (χ1) is 8.04. The molecule has 17 heavy (non-hydrogen) atoms. The van der Waals surface area contributed by atoms with Gasteiger partial charge in [-0.05, 0) is 12.1 Å². The number of nitrogen functional groups attached to an aromatic ring is 1. The van der Waals surface area contributed by atoms with E-state index in [1.165, 1.54) is 13.1 Å². The molecule has 0 aliphatic rings. The van der Waals surface area contributed by atoms with Crippen LogP contribution in [-0.4, -0.2) is 22.5 Å². The Morgan fingerprint density at radius 3 is 2.88 bits per heavy atom. The summed E-state index contributed by atoms with van der Waals surface area (Å²) in [7, 11) is 1.44. The Labute approximate surface area is 95.2 Å². The summed E-state index contributed by atoms with van der Waals surface area (Å²) in [5.41, 5.74) is 5.67. The first-order valence-electron chi connectivity index (χ1n) is 4.85. The minimum Gasteiger partial charge on any atom is -0.369 e. The quantitative estimate of drug-likeness (QED) is 0.809. The second kappa shape index (κ2) is 4.00. The number of fused-ring (bicyclic) bond motifs is 1. The number of amides is 1. The van der Waals surface area contributed by atoms with Crippen LogP contribution in [0.25, 0.3) is 11.0 Å². The maximum Gasteiger partial charge on any atom is 0.239 e. The molecule has 3 N–H and O–H groups in total. The number of anilines is 1. The third-order valence-corrected chi connectivity index (χ3v) is 2.41. The van der Waals surface area contributed by atoms with Gasteiger partial charge in [0, 0.05) is 7.05 Å².